The highest BCUT2D eigenvalue weighted by atomic mass is 35.5. The van der Waals surface area contributed by atoms with Gasteiger partial charge in [0.1, 0.15) is 11.8 Å². The lowest BCUT2D eigenvalue weighted by Crippen LogP contribution is -2.38. The van der Waals surface area contributed by atoms with Gasteiger partial charge in [-0.3, -0.25) is 20.4 Å². The number of imide groups is 1. The summed E-state index contributed by atoms with van der Waals surface area (Å²) in [6.07, 6.45) is 1.00. The Morgan fingerprint density at radius 1 is 1.15 bits per heavy atom. The highest BCUT2D eigenvalue weighted by molar-refractivity contribution is 6.46. The van der Waals surface area contributed by atoms with Gasteiger partial charge in [-0.05, 0) is 29.8 Å². The van der Waals surface area contributed by atoms with E-state index in [1.807, 2.05) is 28.2 Å². The van der Waals surface area contributed by atoms with Gasteiger partial charge in [-0.15, -0.1) is 0 Å². The third-order valence-electron chi connectivity index (χ3n) is 6.29. The second-order valence-corrected chi connectivity index (χ2v) is 9.84. The Balaban J connectivity index is 1.23. The Labute approximate surface area is 233 Å². The fourth-order valence-electron chi connectivity index (χ4n) is 4.46. The predicted octanol–water partition coefficient (Wildman–Crippen LogP) is 5.99. The molecule has 10 nitrogen and oxygen atoms in total. The molecule has 196 valence electrons. The first-order valence-electron chi connectivity index (χ1n) is 12.0. The zero-order valence-corrected chi connectivity index (χ0v) is 22.0. The summed E-state index contributed by atoms with van der Waals surface area (Å²) in [7, 11) is 0. The number of anilines is 1. The minimum absolute atomic E-state index is 0.130. The Morgan fingerprint density at radius 2 is 1.90 bits per heavy atom. The average molecular weight is 563 g/mol. The molecule has 0 spiro atoms. The molecule has 2 aliphatic heterocycles. The van der Waals surface area contributed by atoms with Crippen molar-refractivity contribution in [1.82, 2.24) is 10.2 Å². The third-order valence-corrected chi connectivity index (χ3v) is 6.86. The molecular weight excluding hydrogens is 541 g/mol. The van der Waals surface area contributed by atoms with Crippen LogP contribution in [-0.2, 0) is 11.3 Å². The lowest BCUT2D eigenvalue weighted by atomic mass is 10.1. The number of nitrogens with zero attached hydrogens (tertiary/aromatic N) is 4. The Bertz CT molecular complexity index is 1530. The Hall–Kier alpha value is -4.30. The number of ether oxygens (including phenoxy) is 1. The third kappa shape index (κ3) is 5.91. The minimum Gasteiger partial charge on any atom is -0.454 e. The second kappa shape index (κ2) is 11.2. The quantitative estimate of drug-likeness (QED) is 0.240. The maximum absolute atomic E-state index is 12.0. The summed E-state index contributed by atoms with van der Waals surface area (Å²) in [5.41, 5.74) is 2.43. The van der Waals surface area contributed by atoms with Crippen LogP contribution in [0, 0.1) is 16.7 Å². The number of hydrogen-bond donors (Lipinski definition) is 3. The molecule has 0 saturated carbocycles. The molecule has 3 N–H and O–H groups in total. The summed E-state index contributed by atoms with van der Waals surface area (Å²) in [6, 6.07) is 19.4. The number of amides is 3. The maximum atomic E-state index is 12.0. The van der Waals surface area contributed by atoms with E-state index in [-0.39, 0.29) is 27.5 Å². The number of fused-ring (bicyclic) bond motifs is 1. The van der Waals surface area contributed by atoms with Crippen molar-refractivity contribution in [3.63, 3.8) is 0 Å². The summed E-state index contributed by atoms with van der Waals surface area (Å²) < 4.78 is 8.04. The van der Waals surface area contributed by atoms with Crippen LogP contribution in [0.3, 0.4) is 0 Å². The molecule has 12 heteroatoms. The lowest BCUT2D eigenvalue weighted by Gasteiger charge is -2.18. The van der Waals surface area contributed by atoms with E-state index in [4.69, 9.17) is 38.6 Å². The molecule has 1 atom stereocenters. The van der Waals surface area contributed by atoms with Crippen molar-refractivity contribution in [1.29, 1.82) is 10.7 Å². The number of carbonyl (C=O) groups excluding carboxylic acids is 2. The molecule has 5 rings (SSSR count). The number of halogens is 2. The SMILES string of the molecule is N#CC(=N)C(=O)NC(=O)Nc1cc(Cl)c(Oc2ccc3c(c2)[N+](C2CCN(Cc4ccccc4)C2)=N3)c(Cl)c1. The zero-order chi connectivity index (χ0) is 27.5. The van der Waals surface area contributed by atoms with E-state index in [2.05, 4.69) is 39.6 Å². The summed E-state index contributed by atoms with van der Waals surface area (Å²) >= 11 is 12.8. The molecule has 0 aliphatic carbocycles. The highest BCUT2D eigenvalue weighted by Gasteiger charge is 2.40. The average Bonchev–Trinajstić information content (AvgIpc) is 3.35. The van der Waals surface area contributed by atoms with Gasteiger partial charge < -0.3 is 10.1 Å². The van der Waals surface area contributed by atoms with Gasteiger partial charge in [-0.25, -0.2) is 4.79 Å². The van der Waals surface area contributed by atoms with Crippen molar-refractivity contribution in [2.75, 3.05) is 18.4 Å². The fourth-order valence-corrected chi connectivity index (χ4v) is 5.03. The number of azo groups is 2. The first kappa shape index (κ1) is 26.3. The van der Waals surface area contributed by atoms with E-state index in [0.717, 1.165) is 37.4 Å². The molecule has 0 radical (unpaired) electrons. The van der Waals surface area contributed by atoms with E-state index >= 15 is 0 Å². The van der Waals surface area contributed by atoms with Crippen molar-refractivity contribution in [3.8, 4) is 17.6 Å². The van der Waals surface area contributed by atoms with Crippen molar-refractivity contribution >= 4 is 57.9 Å². The number of nitrogens with one attached hydrogen (secondary N) is 3. The van der Waals surface area contributed by atoms with Crippen LogP contribution in [0.25, 0.3) is 0 Å². The molecule has 2 heterocycles. The Kier molecular flexibility index (Phi) is 7.56. The first-order chi connectivity index (χ1) is 18.8. The molecule has 3 aromatic rings. The monoisotopic (exact) mass is 562 g/mol. The van der Waals surface area contributed by atoms with Gasteiger partial charge in [-0.1, -0.05) is 58.2 Å². The zero-order valence-electron chi connectivity index (χ0n) is 20.4. The number of nitriles is 1. The van der Waals surface area contributed by atoms with Crippen molar-refractivity contribution in [2.24, 2.45) is 5.11 Å². The number of benzene rings is 3. The van der Waals surface area contributed by atoms with Crippen LogP contribution < -0.4 is 15.4 Å². The van der Waals surface area contributed by atoms with Crippen LogP contribution in [-0.4, -0.2) is 46.4 Å². The van der Waals surface area contributed by atoms with Gasteiger partial charge in [0.25, 0.3) is 11.6 Å². The largest absolute Gasteiger partial charge is 0.454 e. The van der Waals surface area contributed by atoms with E-state index in [1.54, 1.807) is 6.07 Å². The summed E-state index contributed by atoms with van der Waals surface area (Å²) in [6.45, 7) is 2.81. The molecule has 3 amide bonds. The van der Waals surface area contributed by atoms with Crippen molar-refractivity contribution in [3.05, 3.63) is 76.3 Å². The lowest BCUT2D eigenvalue weighted by molar-refractivity contribution is -0.560. The molecular formula is C27H22Cl2N7O3+. The van der Waals surface area contributed by atoms with E-state index in [1.165, 1.54) is 23.8 Å². The van der Waals surface area contributed by atoms with Gasteiger partial charge in [0, 0.05) is 30.3 Å². The highest BCUT2D eigenvalue weighted by Crippen LogP contribution is 2.45. The maximum Gasteiger partial charge on any atom is 0.326 e. The molecule has 3 aromatic carbocycles. The number of rotatable bonds is 7. The number of urea groups is 1. The molecule has 39 heavy (non-hydrogen) atoms. The topological polar surface area (TPSA) is 134 Å². The van der Waals surface area contributed by atoms with Gasteiger partial charge in [-0.2, -0.15) is 5.26 Å². The number of hydrogen-bond acceptors (Lipinski definition) is 7. The second-order valence-electron chi connectivity index (χ2n) is 9.02. The fraction of sp³-hybridized carbons (Fsp3) is 0.185. The standard InChI is InChI=1S/C27H21Cl2N7O3/c28-20-10-17(32-27(38)33-26(37)22(31)13-30)11-21(29)25(20)39-19-6-7-23-24(12-19)36(34-23)18-8-9-35(15-18)14-16-4-2-1-3-5-16/h1-7,10-12,18,31H,8-9,14-15H2,(H-,32,33,37,38)/p+1. The van der Waals surface area contributed by atoms with Crippen LogP contribution >= 0.6 is 23.2 Å². The number of carbonyl (C=O) groups is 2. The Morgan fingerprint density at radius 3 is 2.62 bits per heavy atom. The molecule has 1 fully saturated rings. The minimum atomic E-state index is -1.13. The summed E-state index contributed by atoms with van der Waals surface area (Å²) in [5.74, 6) is -0.407. The molecule has 1 saturated heterocycles. The normalized spacial score (nSPS) is 15.8. The van der Waals surface area contributed by atoms with E-state index < -0.39 is 17.6 Å². The van der Waals surface area contributed by atoms with Crippen LogP contribution in [0.1, 0.15) is 12.0 Å². The molecule has 2 aliphatic rings. The van der Waals surface area contributed by atoms with Gasteiger partial charge in [0.2, 0.25) is 5.69 Å². The summed E-state index contributed by atoms with van der Waals surface area (Å²) in [5, 5.41) is 24.9. The van der Waals surface area contributed by atoms with Crippen LogP contribution in [0.15, 0.2) is 65.8 Å². The smallest absolute Gasteiger partial charge is 0.326 e. The van der Waals surface area contributed by atoms with Crippen LogP contribution in [0.2, 0.25) is 10.0 Å². The van der Waals surface area contributed by atoms with Crippen LogP contribution in [0.5, 0.6) is 11.5 Å². The van der Waals surface area contributed by atoms with Gasteiger partial charge in [0.15, 0.2) is 17.5 Å². The molecule has 1 unspecified atom stereocenters. The predicted molar refractivity (Wildman–Crippen MR) is 146 cm³/mol. The first-order valence-corrected chi connectivity index (χ1v) is 12.8. The van der Waals surface area contributed by atoms with Crippen LogP contribution in [0.4, 0.5) is 21.9 Å². The molecule has 0 aromatic heterocycles. The number of likely N-dealkylation sites (tertiary alicyclic amines) is 1. The van der Waals surface area contributed by atoms with Gasteiger partial charge in [0.05, 0.1) is 22.7 Å². The van der Waals surface area contributed by atoms with Gasteiger partial charge >= 0.3 is 6.03 Å². The molecule has 0 bridgehead atoms. The van der Waals surface area contributed by atoms with Crippen molar-refractivity contribution in [2.45, 2.75) is 19.0 Å². The van der Waals surface area contributed by atoms with E-state index in [9.17, 15) is 9.59 Å². The summed E-state index contributed by atoms with van der Waals surface area (Å²) in [4.78, 5) is 25.9. The van der Waals surface area contributed by atoms with Crippen molar-refractivity contribution < 1.29 is 19.0 Å². The van der Waals surface area contributed by atoms with E-state index in [0.29, 0.717) is 5.75 Å².